The van der Waals surface area contributed by atoms with Gasteiger partial charge in [-0.15, -0.1) is 0 Å². The molecule has 222 valence electrons. The van der Waals surface area contributed by atoms with Crippen LogP contribution in [0.4, 0.5) is 8.78 Å². The number of hydrogen-bond donors (Lipinski definition) is 0. The average molecular weight is 792 g/mol. The summed E-state index contributed by atoms with van der Waals surface area (Å²) in [6, 6.07) is 4.15. The molecular formula is C33H56F2S2Sn2. The van der Waals surface area contributed by atoms with Gasteiger partial charge in [-0.3, -0.25) is 0 Å². The monoisotopic (exact) mass is 794 g/mol. The molecule has 0 atom stereocenters. The van der Waals surface area contributed by atoms with Crippen LogP contribution in [-0.2, 0) is 5.92 Å². The Bertz CT molecular complexity index is 888. The molecule has 1 aliphatic rings. The molecule has 0 aromatic carbocycles. The summed E-state index contributed by atoms with van der Waals surface area (Å²) in [4.78, 5) is 1.96. The fourth-order valence-corrected chi connectivity index (χ4v) is 47.6. The molecule has 0 radical (unpaired) electrons. The Kier molecular flexibility index (Phi) is 14.2. The molecule has 0 nitrogen and oxygen atoms in total. The normalized spacial score (nSPS) is 14.7. The number of fused-ring (bicyclic) bond motifs is 3. The average Bonchev–Trinajstić information content (AvgIpc) is 3.63. The minimum absolute atomic E-state index is 0.386. The van der Waals surface area contributed by atoms with Crippen LogP contribution in [0.3, 0.4) is 0 Å². The third kappa shape index (κ3) is 7.69. The summed E-state index contributed by atoms with van der Waals surface area (Å²) in [7, 11) is 0. The predicted octanol–water partition coefficient (Wildman–Crippen LogP) is 12.0. The predicted molar refractivity (Wildman–Crippen MR) is 180 cm³/mol. The van der Waals surface area contributed by atoms with E-state index in [-0.39, 0.29) is 0 Å². The first kappa shape index (κ1) is 34.3. The van der Waals surface area contributed by atoms with Gasteiger partial charge in [-0.25, -0.2) is 0 Å². The van der Waals surface area contributed by atoms with Gasteiger partial charge < -0.3 is 0 Å². The molecule has 1 aliphatic carbocycles. The summed E-state index contributed by atoms with van der Waals surface area (Å²) in [5.74, 6) is -2.80. The zero-order valence-electron chi connectivity index (χ0n) is 26.0. The first-order chi connectivity index (χ1) is 18.8. The third-order valence-electron chi connectivity index (χ3n) is 9.45. The van der Waals surface area contributed by atoms with Gasteiger partial charge in [-0.05, 0) is 0 Å². The quantitative estimate of drug-likeness (QED) is 0.117. The van der Waals surface area contributed by atoms with Crippen LogP contribution in [0.25, 0.3) is 9.75 Å². The van der Waals surface area contributed by atoms with Gasteiger partial charge >= 0.3 is 258 Å². The van der Waals surface area contributed by atoms with E-state index in [4.69, 9.17) is 0 Å². The Morgan fingerprint density at radius 1 is 0.513 bits per heavy atom. The van der Waals surface area contributed by atoms with E-state index in [0.29, 0.717) is 11.1 Å². The Morgan fingerprint density at radius 2 is 0.769 bits per heavy atom. The molecule has 0 N–H and O–H groups in total. The molecule has 0 fully saturated rings. The van der Waals surface area contributed by atoms with E-state index in [0.717, 1.165) is 9.75 Å². The molecule has 0 unspecified atom stereocenters. The SMILES string of the molecule is CCC[CH2][Sn]([CH2]CCC)([CH2]CCC)[c]1cc2c(s1)-c1s[c]([Sn]([CH2]CCC)([CH2]CCC)[CH2]CCC)cc1C2(F)F. The first-order valence-electron chi connectivity index (χ1n) is 16.5. The van der Waals surface area contributed by atoms with Gasteiger partial charge in [0.25, 0.3) is 0 Å². The van der Waals surface area contributed by atoms with Gasteiger partial charge in [-0.1, -0.05) is 0 Å². The fourth-order valence-electron chi connectivity index (χ4n) is 6.83. The van der Waals surface area contributed by atoms with E-state index < -0.39 is 42.7 Å². The van der Waals surface area contributed by atoms with Crippen molar-refractivity contribution in [2.45, 2.75) is 151 Å². The Morgan fingerprint density at radius 3 is 1.00 bits per heavy atom. The summed E-state index contributed by atoms with van der Waals surface area (Å²) in [5.41, 5.74) is 0.773. The van der Waals surface area contributed by atoms with Crippen molar-refractivity contribution in [1.29, 1.82) is 0 Å². The topological polar surface area (TPSA) is 0 Å². The number of alkyl halides is 2. The van der Waals surface area contributed by atoms with E-state index in [9.17, 15) is 0 Å². The van der Waals surface area contributed by atoms with Crippen molar-refractivity contribution in [3.8, 4) is 9.75 Å². The molecule has 39 heavy (non-hydrogen) atoms. The van der Waals surface area contributed by atoms with Gasteiger partial charge in [0.1, 0.15) is 0 Å². The summed E-state index contributed by atoms with van der Waals surface area (Å²) in [6.45, 7) is 13.8. The number of halogens is 2. The van der Waals surface area contributed by atoms with Crippen molar-refractivity contribution in [2.24, 2.45) is 0 Å². The number of unbranched alkanes of at least 4 members (excludes halogenated alkanes) is 6. The van der Waals surface area contributed by atoms with E-state index in [2.05, 4.69) is 53.7 Å². The van der Waals surface area contributed by atoms with Crippen molar-refractivity contribution >= 4 is 65.2 Å². The van der Waals surface area contributed by atoms with Crippen molar-refractivity contribution in [3.05, 3.63) is 23.3 Å². The van der Waals surface area contributed by atoms with E-state index in [1.165, 1.54) is 109 Å². The molecule has 3 rings (SSSR count). The summed E-state index contributed by atoms with van der Waals surface area (Å²) in [5, 5.41) is 0. The zero-order chi connectivity index (χ0) is 28.5. The maximum absolute atomic E-state index is 16.3. The van der Waals surface area contributed by atoms with Crippen LogP contribution in [0.2, 0.25) is 26.6 Å². The minimum atomic E-state index is -2.80. The molecule has 0 saturated heterocycles. The van der Waals surface area contributed by atoms with Crippen molar-refractivity contribution < 1.29 is 8.78 Å². The zero-order valence-corrected chi connectivity index (χ0v) is 33.3. The third-order valence-corrected chi connectivity index (χ3v) is 48.3. The Hall–Kier alpha value is 0.857. The first-order valence-corrected chi connectivity index (χ1v) is 33.1. The number of rotatable bonds is 20. The molecule has 2 aromatic rings. The van der Waals surface area contributed by atoms with Crippen LogP contribution in [0.1, 0.15) is 130 Å². The summed E-state index contributed by atoms with van der Waals surface area (Å²) in [6.07, 6.45) is 15.0. The Balaban J connectivity index is 2.11. The van der Waals surface area contributed by atoms with E-state index >= 15 is 8.78 Å². The van der Waals surface area contributed by atoms with Crippen molar-refractivity contribution in [2.75, 3.05) is 0 Å². The van der Waals surface area contributed by atoms with E-state index in [1.807, 2.05) is 22.7 Å². The van der Waals surface area contributed by atoms with Gasteiger partial charge in [0, 0.05) is 0 Å². The van der Waals surface area contributed by atoms with Crippen LogP contribution in [-0.4, -0.2) is 36.8 Å². The second-order valence-corrected chi connectivity index (χ2v) is 42.9. The fraction of sp³-hybridized carbons (Fsp3) is 0.758. The molecular weight excluding hydrogens is 736 g/mol. The van der Waals surface area contributed by atoms with Gasteiger partial charge in [0.2, 0.25) is 0 Å². The Labute approximate surface area is 255 Å². The second-order valence-electron chi connectivity index (χ2n) is 12.5. The second kappa shape index (κ2) is 16.1. The maximum atomic E-state index is 16.3. The van der Waals surface area contributed by atoms with E-state index in [1.54, 1.807) is 0 Å². The molecule has 0 spiro atoms. The van der Waals surface area contributed by atoms with Crippen LogP contribution >= 0.6 is 22.7 Å². The van der Waals surface area contributed by atoms with Gasteiger partial charge in [0.15, 0.2) is 0 Å². The van der Waals surface area contributed by atoms with Crippen LogP contribution in [0.5, 0.6) is 0 Å². The summed E-state index contributed by atoms with van der Waals surface area (Å²) >= 11 is -1.79. The standard InChI is InChI=1S/C9H2F2S2.6C4H9.2Sn/c10-9(11)5-1-3-12-7(5)8-6(9)2-4-13-8;6*1-3-4-2;;/h1-2H;6*1,3-4H2,2H3;;. The molecule has 6 heteroatoms. The summed E-state index contributed by atoms with van der Waals surface area (Å²) < 4.78 is 43.7. The molecule has 0 amide bonds. The molecule has 0 bridgehead atoms. The van der Waals surface area contributed by atoms with Gasteiger partial charge in [0.05, 0.1) is 0 Å². The van der Waals surface area contributed by atoms with Gasteiger partial charge in [-0.2, -0.15) is 0 Å². The van der Waals surface area contributed by atoms with Crippen molar-refractivity contribution in [3.63, 3.8) is 0 Å². The number of hydrogen-bond acceptors (Lipinski definition) is 2. The molecule has 0 saturated carbocycles. The number of thiophene rings is 2. The molecule has 0 aliphatic heterocycles. The van der Waals surface area contributed by atoms with Crippen LogP contribution in [0.15, 0.2) is 12.1 Å². The van der Waals surface area contributed by atoms with Crippen LogP contribution < -0.4 is 5.79 Å². The molecule has 2 heterocycles. The van der Waals surface area contributed by atoms with Crippen molar-refractivity contribution in [1.82, 2.24) is 0 Å². The van der Waals surface area contributed by atoms with Crippen LogP contribution in [0, 0.1) is 0 Å². The molecule has 2 aromatic heterocycles.